The fraction of sp³-hybridized carbons (Fsp3) is 0.536. The quantitative estimate of drug-likeness (QED) is 0.696. The fourth-order valence-corrected chi connectivity index (χ4v) is 5.38. The molecule has 2 heterocycles. The van der Waals surface area contributed by atoms with Gasteiger partial charge in [-0.25, -0.2) is 0 Å². The molecule has 5 rings (SSSR count). The molecule has 0 atom stereocenters. The van der Waals surface area contributed by atoms with E-state index >= 15 is 0 Å². The Morgan fingerprint density at radius 2 is 1.72 bits per heavy atom. The van der Waals surface area contributed by atoms with E-state index < -0.39 is 0 Å². The highest BCUT2D eigenvalue weighted by Gasteiger charge is 2.30. The van der Waals surface area contributed by atoms with Gasteiger partial charge >= 0.3 is 0 Å². The van der Waals surface area contributed by atoms with Crippen LogP contribution in [-0.4, -0.2) is 65.9 Å². The number of carbonyl (C=O) groups is 1. The standard InChI is InChI=1S/C28H37N3O/c1-21(2)22-5-3-6-23(17-22)24-9-10-26-19-29(12-11-25(26)18-24)20-28(32)31-15-13-30(14-16-31)27-7-4-8-27/h3,5-6,9-10,17-18,21,27H,4,7-8,11-16,19-20H2,1-2H3. The Morgan fingerprint density at radius 3 is 2.44 bits per heavy atom. The van der Waals surface area contributed by atoms with Gasteiger partial charge in [-0.1, -0.05) is 62.7 Å². The molecule has 0 radical (unpaired) electrons. The van der Waals surface area contributed by atoms with Crippen molar-refractivity contribution in [3.63, 3.8) is 0 Å². The Kier molecular flexibility index (Phi) is 6.34. The van der Waals surface area contributed by atoms with Gasteiger partial charge < -0.3 is 4.90 Å². The van der Waals surface area contributed by atoms with Crippen LogP contribution in [0.1, 0.15) is 55.7 Å². The molecule has 1 aliphatic carbocycles. The van der Waals surface area contributed by atoms with Crippen LogP contribution in [0.5, 0.6) is 0 Å². The van der Waals surface area contributed by atoms with E-state index in [1.54, 1.807) is 0 Å². The van der Waals surface area contributed by atoms with E-state index in [9.17, 15) is 4.79 Å². The van der Waals surface area contributed by atoms with Crippen molar-refractivity contribution in [2.75, 3.05) is 39.3 Å². The van der Waals surface area contributed by atoms with Crippen molar-refractivity contribution in [1.82, 2.24) is 14.7 Å². The second-order valence-corrected chi connectivity index (χ2v) is 10.2. The molecule has 0 aromatic heterocycles. The normalized spacial score (nSPS) is 20.3. The van der Waals surface area contributed by atoms with Gasteiger partial charge in [0.1, 0.15) is 0 Å². The Balaban J connectivity index is 1.18. The first-order valence-electron chi connectivity index (χ1n) is 12.5. The molecule has 32 heavy (non-hydrogen) atoms. The zero-order chi connectivity index (χ0) is 22.1. The van der Waals surface area contributed by atoms with E-state index in [-0.39, 0.29) is 0 Å². The summed E-state index contributed by atoms with van der Waals surface area (Å²) < 4.78 is 0. The number of hydrogen-bond donors (Lipinski definition) is 0. The van der Waals surface area contributed by atoms with Crippen LogP contribution in [0.3, 0.4) is 0 Å². The molecule has 2 aromatic carbocycles. The third kappa shape index (κ3) is 4.62. The largest absolute Gasteiger partial charge is 0.339 e. The summed E-state index contributed by atoms with van der Waals surface area (Å²) in [5.74, 6) is 0.851. The lowest BCUT2D eigenvalue weighted by molar-refractivity contribution is -0.135. The van der Waals surface area contributed by atoms with E-state index in [0.29, 0.717) is 18.4 Å². The fourth-order valence-electron chi connectivity index (χ4n) is 5.38. The summed E-state index contributed by atoms with van der Waals surface area (Å²) in [6.45, 7) is 10.8. The van der Waals surface area contributed by atoms with Gasteiger partial charge in [0.25, 0.3) is 0 Å². The molecule has 1 amide bonds. The molecular formula is C28H37N3O. The van der Waals surface area contributed by atoms with E-state index in [0.717, 1.165) is 51.7 Å². The molecule has 0 unspecified atom stereocenters. The Morgan fingerprint density at radius 1 is 0.938 bits per heavy atom. The van der Waals surface area contributed by atoms with Crippen molar-refractivity contribution in [3.05, 3.63) is 59.2 Å². The third-order valence-corrected chi connectivity index (χ3v) is 7.80. The zero-order valence-electron chi connectivity index (χ0n) is 19.7. The van der Waals surface area contributed by atoms with Gasteiger partial charge in [0, 0.05) is 45.3 Å². The molecule has 0 bridgehead atoms. The van der Waals surface area contributed by atoms with Crippen LogP contribution in [0.15, 0.2) is 42.5 Å². The number of benzene rings is 2. The second kappa shape index (κ2) is 9.36. The Labute approximate surface area is 193 Å². The van der Waals surface area contributed by atoms with Crippen molar-refractivity contribution < 1.29 is 4.79 Å². The van der Waals surface area contributed by atoms with Crippen molar-refractivity contribution in [2.45, 2.75) is 58.0 Å². The van der Waals surface area contributed by atoms with Gasteiger partial charge in [0.2, 0.25) is 5.91 Å². The Bertz CT molecular complexity index is 957. The maximum atomic E-state index is 12.9. The van der Waals surface area contributed by atoms with Crippen molar-refractivity contribution in [2.24, 2.45) is 0 Å². The molecule has 170 valence electrons. The maximum absolute atomic E-state index is 12.9. The molecule has 0 N–H and O–H groups in total. The van der Waals surface area contributed by atoms with Gasteiger partial charge in [0.05, 0.1) is 6.54 Å². The van der Waals surface area contributed by atoms with E-state index in [2.05, 4.69) is 71.0 Å². The maximum Gasteiger partial charge on any atom is 0.236 e. The summed E-state index contributed by atoms with van der Waals surface area (Å²) >= 11 is 0. The van der Waals surface area contributed by atoms with E-state index in [1.165, 1.54) is 47.1 Å². The van der Waals surface area contributed by atoms with Gasteiger partial charge in [0.15, 0.2) is 0 Å². The van der Waals surface area contributed by atoms with Crippen molar-refractivity contribution >= 4 is 5.91 Å². The number of amides is 1. The molecule has 1 saturated heterocycles. The molecular weight excluding hydrogens is 394 g/mol. The molecule has 2 aliphatic heterocycles. The average molecular weight is 432 g/mol. The summed E-state index contributed by atoms with van der Waals surface area (Å²) in [6.07, 6.45) is 5.11. The summed E-state index contributed by atoms with van der Waals surface area (Å²) in [5, 5.41) is 0. The molecule has 4 nitrogen and oxygen atoms in total. The number of piperazine rings is 1. The summed E-state index contributed by atoms with van der Waals surface area (Å²) in [5.41, 5.74) is 6.81. The summed E-state index contributed by atoms with van der Waals surface area (Å²) in [7, 11) is 0. The van der Waals surface area contributed by atoms with E-state index in [4.69, 9.17) is 0 Å². The minimum atomic E-state index is 0.309. The SMILES string of the molecule is CC(C)c1cccc(-c2ccc3c(c2)CCN(CC(=O)N2CCN(C4CCC4)CC2)C3)c1. The predicted octanol–water partition coefficient (Wildman–Crippen LogP) is 4.53. The Hall–Kier alpha value is -2.17. The number of hydrogen-bond acceptors (Lipinski definition) is 3. The van der Waals surface area contributed by atoms with Crippen LogP contribution in [-0.2, 0) is 17.8 Å². The number of fused-ring (bicyclic) bond motifs is 1. The molecule has 1 saturated carbocycles. The highest BCUT2D eigenvalue weighted by molar-refractivity contribution is 5.78. The minimum Gasteiger partial charge on any atom is -0.339 e. The van der Waals surface area contributed by atoms with Crippen LogP contribution < -0.4 is 0 Å². The highest BCUT2D eigenvalue weighted by Crippen LogP contribution is 2.29. The van der Waals surface area contributed by atoms with E-state index in [1.807, 2.05) is 0 Å². The second-order valence-electron chi connectivity index (χ2n) is 10.2. The summed E-state index contributed by atoms with van der Waals surface area (Å²) in [6, 6.07) is 16.6. The molecule has 4 heteroatoms. The van der Waals surface area contributed by atoms with Crippen molar-refractivity contribution in [1.29, 1.82) is 0 Å². The molecule has 2 aromatic rings. The van der Waals surface area contributed by atoms with Crippen molar-refractivity contribution in [3.8, 4) is 11.1 Å². The lowest BCUT2D eigenvalue weighted by Crippen LogP contribution is -2.55. The first-order valence-corrected chi connectivity index (χ1v) is 12.5. The molecule has 0 spiro atoms. The molecule has 3 aliphatic rings. The van der Waals surface area contributed by atoms with Crippen LogP contribution in [0.2, 0.25) is 0 Å². The van der Waals surface area contributed by atoms with Gasteiger partial charge in [-0.05, 0) is 53.0 Å². The monoisotopic (exact) mass is 431 g/mol. The van der Waals surface area contributed by atoms with Crippen LogP contribution in [0, 0.1) is 0 Å². The van der Waals surface area contributed by atoms with Crippen LogP contribution in [0.4, 0.5) is 0 Å². The van der Waals surface area contributed by atoms with Crippen LogP contribution in [0.25, 0.3) is 11.1 Å². The zero-order valence-corrected chi connectivity index (χ0v) is 19.7. The molecule has 2 fully saturated rings. The number of nitrogens with zero attached hydrogens (tertiary/aromatic N) is 3. The first-order chi connectivity index (χ1) is 15.6. The lowest BCUT2D eigenvalue weighted by Gasteiger charge is -2.43. The highest BCUT2D eigenvalue weighted by atomic mass is 16.2. The lowest BCUT2D eigenvalue weighted by atomic mass is 9.91. The smallest absolute Gasteiger partial charge is 0.236 e. The van der Waals surface area contributed by atoms with Gasteiger partial charge in [-0.3, -0.25) is 14.6 Å². The van der Waals surface area contributed by atoms with Gasteiger partial charge in [-0.2, -0.15) is 0 Å². The van der Waals surface area contributed by atoms with Gasteiger partial charge in [-0.15, -0.1) is 0 Å². The topological polar surface area (TPSA) is 26.8 Å². The van der Waals surface area contributed by atoms with Crippen LogP contribution >= 0.6 is 0 Å². The number of rotatable bonds is 5. The summed E-state index contributed by atoms with van der Waals surface area (Å²) in [4.78, 5) is 20.0. The predicted molar refractivity (Wildman–Crippen MR) is 131 cm³/mol. The first kappa shape index (κ1) is 21.7. The number of carbonyl (C=O) groups excluding carboxylic acids is 1. The third-order valence-electron chi connectivity index (χ3n) is 7.80. The average Bonchev–Trinajstić information content (AvgIpc) is 2.78. The minimum absolute atomic E-state index is 0.309.